The van der Waals surface area contributed by atoms with Gasteiger partial charge in [-0.25, -0.2) is 0 Å². The predicted octanol–water partition coefficient (Wildman–Crippen LogP) is 5.86. The molecule has 0 spiro atoms. The summed E-state index contributed by atoms with van der Waals surface area (Å²) in [6, 6.07) is 0. The van der Waals surface area contributed by atoms with Gasteiger partial charge in [0.1, 0.15) is 0 Å². The summed E-state index contributed by atoms with van der Waals surface area (Å²) in [7, 11) is 0. The molecule has 0 radical (unpaired) electrons. The van der Waals surface area contributed by atoms with Crippen LogP contribution in [-0.4, -0.2) is 45.8 Å². The van der Waals surface area contributed by atoms with Gasteiger partial charge >= 0.3 is 0 Å². The zero-order chi connectivity index (χ0) is 24.2. The smallest absolute Gasteiger partial charge is 0.0811 e. The fourth-order valence-electron chi connectivity index (χ4n) is 6.91. The van der Waals surface area contributed by atoms with Crippen molar-refractivity contribution in [2.45, 2.75) is 122 Å². The molecule has 0 bridgehead atoms. The molecule has 1 unspecified atom stereocenters. The molecular weight excluding hydrogens is 412 g/mol. The van der Waals surface area contributed by atoms with Gasteiger partial charge in [0.15, 0.2) is 0 Å². The largest absolute Gasteiger partial charge is 0.393 e. The fraction of sp³-hybridized carbons (Fsp3) is 0.793. The first kappa shape index (κ1) is 26.7. The van der Waals surface area contributed by atoms with Crippen LogP contribution in [0.1, 0.15) is 98.3 Å². The highest BCUT2D eigenvalue weighted by molar-refractivity contribution is 5.38. The predicted molar refractivity (Wildman–Crippen MR) is 135 cm³/mol. The van der Waals surface area contributed by atoms with E-state index in [4.69, 9.17) is 4.74 Å². The minimum Gasteiger partial charge on any atom is -0.393 e. The third kappa shape index (κ3) is 6.01. The molecule has 6 atom stereocenters. The van der Waals surface area contributed by atoms with Gasteiger partial charge in [0.25, 0.3) is 0 Å². The molecule has 3 fully saturated rings. The Morgan fingerprint density at radius 2 is 1.94 bits per heavy atom. The van der Waals surface area contributed by atoms with E-state index in [0.29, 0.717) is 24.7 Å². The van der Waals surface area contributed by atoms with E-state index < -0.39 is 17.8 Å². The molecule has 0 heterocycles. The second-order valence-electron chi connectivity index (χ2n) is 11.3. The highest BCUT2D eigenvalue weighted by atomic mass is 16.5. The van der Waals surface area contributed by atoms with E-state index in [-0.39, 0.29) is 11.5 Å². The molecule has 33 heavy (non-hydrogen) atoms. The second-order valence-corrected chi connectivity index (χ2v) is 11.3. The van der Waals surface area contributed by atoms with Crippen molar-refractivity contribution in [1.29, 1.82) is 0 Å². The topological polar surface area (TPSA) is 69.9 Å². The summed E-state index contributed by atoms with van der Waals surface area (Å²) in [5, 5.41) is 30.7. The highest BCUT2D eigenvalue weighted by Crippen LogP contribution is 2.58. The Balaban J connectivity index is 1.62. The summed E-state index contributed by atoms with van der Waals surface area (Å²) >= 11 is 0. The lowest BCUT2D eigenvalue weighted by atomic mass is 9.62. The third-order valence-electron chi connectivity index (χ3n) is 9.35. The molecule has 0 aromatic heterocycles. The fourth-order valence-corrected chi connectivity index (χ4v) is 6.91. The normalized spacial score (nSPS) is 36.4. The number of ether oxygens (including phenoxy) is 1. The minimum absolute atomic E-state index is 0.234. The summed E-state index contributed by atoms with van der Waals surface area (Å²) in [6.07, 6.45) is 13.8. The van der Waals surface area contributed by atoms with E-state index in [2.05, 4.69) is 46.4 Å². The molecule has 0 aromatic rings. The SMILES string of the molecule is C=C1/C(=C\C=C2/CCC[C@]3(C)C([C@@H](C)OCCCC(O)(CC)CC)CC[C@@H]23)C[C@@H](O)C[C@@H]1O. The van der Waals surface area contributed by atoms with Crippen molar-refractivity contribution in [2.75, 3.05) is 6.61 Å². The number of fused-ring (bicyclic) bond motifs is 1. The number of hydrogen-bond acceptors (Lipinski definition) is 4. The summed E-state index contributed by atoms with van der Waals surface area (Å²) in [5.74, 6) is 1.14. The molecule has 188 valence electrons. The van der Waals surface area contributed by atoms with Crippen molar-refractivity contribution >= 4 is 0 Å². The van der Waals surface area contributed by atoms with Gasteiger partial charge in [-0.05, 0) is 99.5 Å². The molecule has 0 saturated heterocycles. The van der Waals surface area contributed by atoms with Crippen molar-refractivity contribution in [2.24, 2.45) is 17.3 Å². The average Bonchev–Trinajstić information content (AvgIpc) is 3.15. The number of aliphatic hydroxyl groups is 3. The van der Waals surface area contributed by atoms with Crippen LogP contribution in [0.25, 0.3) is 0 Å². The first-order valence-electron chi connectivity index (χ1n) is 13.4. The Labute approximate surface area is 201 Å². The van der Waals surface area contributed by atoms with Crippen molar-refractivity contribution in [3.63, 3.8) is 0 Å². The second kappa shape index (κ2) is 11.2. The number of rotatable bonds is 9. The lowest BCUT2D eigenvalue weighted by Crippen LogP contribution is -2.39. The van der Waals surface area contributed by atoms with Gasteiger partial charge < -0.3 is 20.1 Å². The summed E-state index contributed by atoms with van der Waals surface area (Å²) in [5.41, 5.74) is 3.00. The van der Waals surface area contributed by atoms with Crippen LogP contribution in [0.3, 0.4) is 0 Å². The molecule has 0 aromatic carbocycles. The maximum absolute atomic E-state index is 10.5. The van der Waals surface area contributed by atoms with Crippen molar-refractivity contribution in [3.05, 3.63) is 35.5 Å². The quantitative estimate of drug-likeness (QED) is 0.377. The molecule has 3 saturated carbocycles. The summed E-state index contributed by atoms with van der Waals surface area (Å²) in [4.78, 5) is 0. The van der Waals surface area contributed by atoms with E-state index in [0.717, 1.165) is 49.9 Å². The molecule has 4 nitrogen and oxygen atoms in total. The van der Waals surface area contributed by atoms with Crippen molar-refractivity contribution in [3.8, 4) is 0 Å². The minimum atomic E-state index is -0.630. The van der Waals surface area contributed by atoms with Gasteiger partial charge in [-0.3, -0.25) is 0 Å². The number of hydrogen-bond donors (Lipinski definition) is 3. The molecule has 3 aliphatic rings. The van der Waals surface area contributed by atoms with Crippen LogP contribution in [0.5, 0.6) is 0 Å². The average molecular weight is 461 g/mol. The van der Waals surface area contributed by atoms with E-state index in [1.165, 1.54) is 31.3 Å². The Morgan fingerprint density at radius 3 is 2.64 bits per heavy atom. The lowest BCUT2D eigenvalue weighted by Gasteiger charge is -2.44. The van der Waals surface area contributed by atoms with Crippen LogP contribution in [-0.2, 0) is 4.74 Å². The van der Waals surface area contributed by atoms with Gasteiger partial charge in [0, 0.05) is 13.0 Å². The van der Waals surface area contributed by atoms with Crippen LogP contribution in [0, 0.1) is 17.3 Å². The zero-order valence-corrected chi connectivity index (χ0v) is 21.5. The van der Waals surface area contributed by atoms with Crippen molar-refractivity contribution in [1.82, 2.24) is 0 Å². The maximum Gasteiger partial charge on any atom is 0.0811 e. The molecule has 4 heteroatoms. The molecule has 0 aliphatic heterocycles. The first-order chi connectivity index (χ1) is 15.6. The number of aliphatic hydroxyl groups excluding tert-OH is 2. The van der Waals surface area contributed by atoms with E-state index >= 15 is 0 Å². The van der Waals surface area contributed by atoms with E-state index in [9.17, 15) is 15.3 Å². The van der Waals surface area contributed by atoms with Crippen LogP contribution in [0.15, 0.2) is 35.5 Å². The highest BCUT2D eigenvalue weighted by Gasteiger charge is 2.51. The van der Waals surface area contributed by atoms with Crippen LogP contribution >= 0.6 is 0 Å². The van der Waals surface area contributed by atoms with Crippen molar-refractivity contribution < 1.29 is 20.1 Å². The van der Waals surface area contributed by atoms with Gasteiger partial charge in [0.05, 0.1) is 23.9 Å². The molecule has 3 rings (SSSR count). The lowest BCUT2D eigenvalue weighted by molar-refractivity contribution is -0.0365. The molecular formula is C29H48O4. The molecule has 3 aliphatic carbocycles. The van der Waals surface area contributed by atoms with Gasteiger partial charge in [-0.2, -0.15) is 0 Å². The standard InChI is InChI=1S/C29H48O4/c1-6-29(32,7-2)16-9-17-33-21(4)25-13-14-26-22(10-8-15-28(25,26)5)11-12-23-18-24(30)19-27(31)20(23)3/h11-12,21,24-27,30-32H,3,6-10,13-19H2,1-2,4-5H3/b22-11+,23-12-/t21-,24-,25?,26+,27+,28-/m1/s1. The zero-order valence-electron chi connectivity index (χ0n) is 21.5. The van der Waals surface area contributed by atoms with Gasteiger partial charge in [-0.1, -0.05) is 45.1 Å². The van der Waals surface area contributed by atoms with E-state index in [1.807, 2.05) is 0 Å². The Hall–Kier alpha value is -0.940. The number of allylic oxidation sites excluding steroid dienone is 3. The van der Waals surface area contributed by atoms with Crippen LogP contribution in [0.2, 0.25) is 0 Å². The summed E-state index contributed by atoms with van der Waals surface area (Å²) < 4.78 is 6.34. The van der Waals surface area contributed by atoms with E-state index in [1.54, 1.807) is 0 Å². The monoisotopic (exact) mass is 460 g/mol. The Morgan fingerprint density at radius 1 is 1.21 bits per heavy atom. The third-order valence-corrected chi connectivity index (χ3v) is 9.35. The first-order valence-corrected chi connectivity index (χ1v) is 13.4. The van der Waals surface area contributed by atoms with Gasteiger partial charge in [0.2, 0.25) is 0 Å². The summed E-state index contributed by atoms with van der Waals surface area (Å²) in [6.45, 7) is 13.6. The Kier molecular flexibility index (Phi) is 9.05. The van der Waals surface area contributed by atoms with Crippen LogP contribution in [0.4, 0.5) is 0 Å². The molecule has 3 N–H and O–H groups in total. The van der Waals surface area contributed by atoms with Crippen LogP contribution < -0.4 is 0 Å². The maximum atomic E-state index is 10.5. The molecule has 0 amide bonds. The van der Waals surface area contributed by atoms with Gasteiger partial charge in [-0.15, -0.1) is 0 Å². The Bertz CT molecular complexity index is 734.